The summed E-state index contributed by atoms with van der Waals surface area (Å²) in [5.74, 6) is -2.59. The van der Waals surface area contributed by atoms with Gasteiger partial charge in [0.05, 0.1) is 17.0 Å². The zero-order chi connectivity index (χ0) is 36.0. The summed E-state index contributed by atoms with van der Waals surface area (Å²) in [7, 11) is 0.493. The third-order valence-corrected chi connectivity index (χ3v) is 9.15. The SMILES string of the molecule is CC.CCC.CN(CC(NC(=O)NC(C(=O)N1CCCC1C(=O)NC(CC1CCC1)C(=O)C(N)=O)C(C)(C)C)C(C)(C)C)S(C)=O. The Balaban J connectivity index is 0.00000381. The number of ketones is 1. The molecule has 5 atom stereocenters. The number of nitrogens with two attached hydrogens (primary N) is 1. The number of likely N-dealkylation sites (tertiary alicyclic amines) is 1. The molecule has 5 N–H and O–H groups in total. The van der Waals surface area contributed by atoms with E-state index in [4.69, 9.17) is 5.73 Å². The van der Waals surface area contributed by atoms with Crippen LogP contribution in [0.4, 0.5) is 4.79 Å². The number of hydrogen-bond donors (Lipinski definition) is 4. The van der Waals surface area contributed by atoms with E-state index in [1.54, 1.807) is 17.6 Å². The molecule has 46 heavy (non-hydrogen) atoms. The summed E-state index contributed by atoms with van der Waals surface area (Å²) in [6.07, 6.45) is 7.03. The molecule has 1 aliphatic heterocycles. The number of primary amides is 1. The van der Waals surface area contributed by atoms with E-state index in [0.29, 0.717) is 32.4 Å². The summed E-state index contributed by atoms with van der Waals surface area (Å²) < 4.78 is 13.6. The number of carbonyl (C=O) groups is 5. The molecule has 2 fully saturated rings. The number of rotatable bonds is 12. The maximum Gasteiger partial charge on any atom is 0.315 e. The third kappa shape index (κ3) is 14.1. The number of nitrogens with one attached hydrogen (secondary N) is 3. The van der Waals surface area contributed by atoms with E-state index in [0.717, 1.165) is 19.3 Å². The summed E-state index contributed by atoms with van der Waals surface area (Å²) in [5, 5.41) is 8.48. The third-order valence-electron chi connectivity index (χ3n) is 8.13. The maximum absolute atomic E-state index is 13.9. The molecule has 13 heteroatoms. The zero-order valence-corrected chi connectivity index (χ0v) is 31.4. The number of amides is 5. The quantitative estimate of drug-likeness (QED) is 0.231. The van der Waals surface area contributed by atoms with Crippen molar-refractivity contribution < 1.29 is 28.2 Å². The van der Waals surface area contributed by atoms with E-state index in [1.165, 1.54) is 11.3 Å². The largest absolute Gasteiger partial charge is 0.363 e. The van der Waals surface area contributed by atoms with Gasteiger partial charge in [0.2, 0.25) is 17.6 Å². The van der Waals surface area contributed by atoms with E-state index >= 15 is 0 Å². The van der Waals surface area contributed by atoms with Crippen molar-refractivity contribution in [2.45, 2.75) is 138 Å². The van der Waals surface area contributed by atoms with Crippen LogP contribution in [-0.2, 0) is 30.2 Å². The molecular formula is C33H64N6O6S. The summed E-state index contributed by atoms with van der Waals surface area (Å²) in [6, 6.07) is -3.71. The average Bonchev–Trinajstić information content (AvgIpc) is 3.42. The first-order valence-electron chi connectivity index (χ1n) is 16.8. The first kappa shape index (κ1) is 43.5. The second-order valence-corrected chi connectivity index (χ2v) is 15.8. The topological polar surface area (TPSA) is 171 Å². The Morgan fingerprint density at radius 1 is 0.913 bits per heavy atom. The minimum absolute atomic E-state index is 0.243. The Morgan fingerprint density at radius 3 is 1.87 bits per heavy atom. The Labute approximate surface area is 280 Å². The van der Waals surface area contributed by atoms with Crippen molar-refractivity contribution in [3.63, 3.8) is 0 Å². The van der Waals surface area contributed by atoms with Gasteiger partial charge in [-0.2, -0.15) is 0 Å². The van der Waals surface area contributed by atoms with Crippen molar-refractivity contribution in [2.24, 2.45) is 22.5 Å². The molecule has 1 saturated carbocycles. The van der Waals surface area contributed by atoms with Crippen molar-refractivity contribution in [1.29, 1.82) is 0 Å². The first-order chi connectivity index (χ1) is 21.2. The van der Waals surface area contributed by atoms with Crippen LogP contribution in [0.15, 0.2) is 0 Å². The Bertz CT molecular complexity index is 1040. The van der Waals surface area contributed by atoms with E-state index in [-0.39, 0.29) is 17.4 Å². The van der Waals surface area contributed by atoms with Crippen LogP contribution >= 0.6 is 0 Å². The highest BCUT2D eigenvalue weighted by Crippen LogP contribution is 2.31. The van der Waals surface area contributed by atoms with Gasteiger partial charge in [-0.15, -0.1) is 0 Å². The molecule has 5 amide bonds. The highest BCUT2D eigenvalue weighted by Gasteiger charge is 2.43. The van der Waals surface area contributed by atoms with Crippen LogP contribution in [0.3, 0.4) is 0 Å². The molecule has 0 aromatic heterocycles. The van der Waals surface area contributed by atoms with Gasteiger partial charge in [0.25, 0.3) is 5.91 Å². The molecule has 0 bridgehead atoms. The fourth-order valence-electron chi connectivity index (χ4n) is 5.08. The molecule has 0 aromatic carbocycles. The molecule has 2 rings (SSSR count). The summed E-state index contributed by atoms with van der Waals surface area (Å²) in [6.45, 7) is 20.3. The van der Waals surface area contributed by atoms with Crippen LogP contribution in [0, 0.1) is 16.7 Å². The van der Waals surface area contributed by atoms with Crippen LogP contribution in [0.5, 0.6) is 0 Å². The van der Waals surface area contributed by atoms with Gasteiger partial charge in [-0.25, -0.2) is 13.3 Å². The Kier molecular flexibility index (Phi) is 18.9. The number of urea groups is 1. The highest BCUT2D eigenvalue weighted by molar-refractivity contribution is 7.81. The predicted molar refractivity (Wildman–Crippen MR) is 185 cm³/mol. The summed E-state index contributed by atoms with van der Waals surface area (Å²) in [5.41, 5.74) is 4.20. The molecule has 1 saturated heterocycles. The number of likely N-dealkylation sites (N-methyl/N-ethyl adjacent to an activating group) is 1. The van der Waals surface area contributed by atoms with Crippen molar-refractivity contribution in [1.82, 2.24) is 25.2 Å². The number of Topliss-reactive ketones (excluding diaryl/α,β-unsaturated/α-hetero) is 1. The molecule has 5 unspecified atom stereocenters. The lowest BCUT2D eigenvalue weighted by Gasteiger charge is -2.37. The van der Waals surface area contributed by atoms with Gasteiger partial charge in [0, 0.05) is 25.4 Å². The number of nitrogens with zero attached hydrogens (tertiary/aromatic N) is 2. The van der Waals surface area contributed by atoms with Crippen molar-refractivity contribution in [3.05, 3.63) is 0 Å². The fraction of sp³-hybridized carbons (Fsp3) is 0.848. The average molecular weight is 673 g/mol. The van der Waals surface area contributed by atoms with Crippen LogP contribution in [0.2, 0.25) is 0 Å². The fourth-order valence-corrected chi connectivity index (χ4v) is 5.44. The second kappa shape index (κ2) is 20.0. The second-order valence-electron chi connectivity index (χ2n) is 14.3. The van der Waals surface area contributed by atoms with Gasteiger partial charge >= 0.3 is 6.03 Å². The molecule has 1 aliphatic carbocycles. The van der Waals surface area contributed by atoms with Gasteiger partial charge in [-0.3, -0.25) is 19.2 Å². The Morgan fingerprint density at radius 2 is 1.46 bits per heavy atom. The number of carbonyl (C=O) groups excluding carboxylic acids is 5. The normalized spacial score (nSPS) is 19.2. The van der Waals surface area contributed by atoms with Crippen LogP contribution < -0.4 is 21.7 Å². The molecule has 1 heterocycles. The van der Waals surface area contributed by atoms with E-state index in [9.17, 15) is 28.2 Å². The Hall–Kier alpha value is -2.54. The van der Waals surface area contributed by atoms with Crippen molar-refractivity contribution in [2.75, 3.05) is 26.4 Å². The smallest absolute Gasteiger partial charge is 0.315 e. The van der Waals surface area contributed by atoms with Crippen LogP contribution in [0.1, 0.15) is 114 Å². The number of hydrogen-bond acceptors (Lipinski definition) is 6. The minimum atomic E-state index is -1.22. The van der Waals surface area contributed by atoms with Gasteiger partial charge in [0.15, 0.2) is 0 Å². The van der Waals surface area contributed by atoms with Gasteiger partial charge in [0.1, 0.15) is 12.1 Å². The molecule has 12 nitrogen and oxygen atoms in total. The predicted octanol–water partition coefficient (Wildman–Crippen LogP) is 3.50. The molecule has 0 spiro atoms. The molecular weight excluding hydrogens is 608 g/mol. The van der Waals surface area contributed by atoms with Crippen LogP contribution in [-0.4, -0.2) is 93.5 Å². The van der Waals surface area contributed by atoms with Gasteiger partial charge in [-0.1, -0.05) is 94.9 Å². The molecule has 2 aliphatic rings. The molecule has 0 radical (unpaired) electrons. The van der Waals surface area contributed by atoms with Gasteiger partial charge in [-0.05, 0) is 43.1 Å². The van der Waals surface area contributed by atoms with Crippen molar-refractivity contribution >= 4 is 40.5 Å². The maximum atomic E-state index is 13.9. The lowest BCUT2D eigenvalue weighted by Crippen LogP contribution is -2.61. The zero-order valence-electron chi connectivity index (χ0n) is 30.6. The van der Waals surface area contributed by atoms with Crippen molar-refractivity contribution in [3.8, 4) is 0 Å². The molecule has 268 valence electrons. The van der Waals surface area contributed by atoms with Crippen LogP contribution in [0.25, 0.3) is 0 Å². The highest BCUT2D eigenvalue weighted by atomic mass is 32.2. The van der Waals surface area contributed by atoms with E-state index in [1.807, 2.05) is 55.4 Å². The summed E-state index contributed by atoms with van der Waals surface area (Å²) in [4.78, 5) is 66.0. The van der Waals surface area contributed by atoms with Gasteiger partial charge < -0.3 is 26.6 Å². The van der Waals surface area contributed by atoms with E-state index in [2.05, 4.69) is 29.8 Å². The lowest BCUT2D eigenvalue weighted by molar-refractivity contribution is -0.143. The lowest BCUT2D eigenvalue weighted by atomic mass is 9.80. The van der Waals surface area contributed by atoms with E-state index < -0.39 is 64.1 Å². The first-order valence-corrected chi connectivity index (χ1v) is 18.3. The minimum Gasteiger partial charge on any atom is -0.363 e. The standard InChI is InChI=1S/C28H50N6O6S.C3H8.C2H6/c1-27(2,3)20(16-33(7)41(8)40)31-26(39)32-22(28(4,5)6)25(38)34-14-10-13-19(34)24(37)30-18(21(35)23(29)36)15-17-11-9-12-17;1-3-2;1-2/h17-20,22H,9-16H2,1-8H3,(H2,29,36)(H,30,37)(H2,31,32,39);3H2,1-2H3;1-2H3. The summed E-state index contributed by atoms with van der Waals surface area (Å²) >= 11 is 0. The monoisotopic (exact) mass is 672 g/mol. The molecule has 0 aromatic rings.